The van der Waals surface area contributed by atoms with Crippen molar-refractivity contribution in [1.82, 2.24) is 0 Å². The van der Waals surface area contributed by atoms with E-state index in [1.165, 1.54) is 0 Å². The fourth-order valence-electron chi connectivity index (χ4n) is 0.933. The van der Waals surface area contributed by atoms with Crippen LogP contribution in [0.3, 0.4) is 0 Å². The molecule has 0 N–H and O–H groups in total. The molecule has 0 aliphatic heterocycles. The van der Waals surface area contributed by atoms with Gasteiger partial charge in [-0.3, -0.25) is 9.36 Å². The Kier molecular flexibility index (Phi) is 7.65. The van der Waals surface area contributed by atoms with Gasteiger partial charge >= 0.3 is 13.6 Å². The highest BCUT2D eigenvalue weighted by Gasteiger charge is 2.23. The van der Waals surface area contributed by atoms with E-state index in [9.17, 15) is 9.36 Å². The molecular formula is C9H19O5P. The van der Waals surface area contributed by atoms with Crippen LogP contribution in [-0.2, 0) is 23.1 Å². The molecular weight excluding hydrogens is 219 g/mol. The Morgan fingerprint density at radius 1 is 1.13 bits per heavy atom. The summed E-state index contributed by atoms with van der Waals surface area (Å²) in [6.45, 7) is 5.89. The van der Waals surface area contributed by atoms with Crippen molar-refractivity contribution in [3.8, 4) is 0 Å². The fourth-order valence-corrected chi connectivity index (χ4v) is 2.37. The SMILES string of the molecule is CCOP(=O)(CCOC(=O)CC)OCC. The molecule has 0 saturated heterocycles. The second-order valence-corrected chi connectivity index (χ2v) is 4.93. The van der Waals surface area contributed by atoms with Gasteiger partial charge in [0.1, 0.15) is 6.61 Å². The Balaban J connectivity index is 3.96. The van der Waals surface area contributed by atoms with Crippen LogP contribution < -0.4 is 0 Å². The number of carbonyl (C=O) groups excluding carboxylic acids is 1. The molecule has 0 fully saturated rings. The van der Waals surface area contributed by atoms with Gasteiger partial charge in [0.15, 0.2) is 0 Å². The molecule has 0 saturated carbocycles. The Hall–Kier alpha value is -0.380. The molecule has 0 aliphatic carbocycles. The van der Waals surface area contributed by atoms with Gasteiger partial charge < -0.3 is 13.8 Å². The molecule has 0 rings (SSSR count). The molecule has 90 valence electrons. The first-order chi connectivity index (χ1) is 7.08. The Bertz CT molecular complexity index is 219. The van der Waals surface area contributed by atoms with Crippen LogP contribution in [0.2, 0.25) is 0 Å². The first-order valence-electron chi connectivity index (χ1n) is 5.11. The zero-order valence-electron chi connectivity index (χ0n) is 9.52. The lowest BCUT2D eigenvalue weighted by Gasteiger charge is -2.16. The lowest BCUT2D eigenvalue weighted by Crippen LogP contribution is -2.10. The number of carbonyl (C=O) groups is 1. The summed E-state index contributed by atoms with van der Waals surface area (Å²) < 4.78 is 26.7. The standard InChI is InChI=1S/C9H19O5P/c1-4-9(10)12-7-8-15(11,13-5-2)14-6-3/h4-8H2,1-3H3. The summed E-state index contributed by atoms with van der Waals surface area (Å²) in [6.07, 6.45) is 0.425. The second kappa shape index (κ2) is 7.85. The van der Waals surface area contributed by atoms with E-state index in [-0.39, 0.29) is 18.7 Å². The van der Waals surface area contributed by atoms with Crippen molar-refractivity contribution < 1.29 is 23.1 Å². The molecule has 0 aromatic rings. The van der Waals surface area contributed by atoms with E-state index in [0.29, 0.717) is 19.6 Å². The summed E-state index contributed by atoms with van der Waals surface area (Å²) in [4.78, 5) is 10.8. The maximum absolute atomic E-state index is 11.8. The lowest BCUT2D eigenvalue weighted by molar-refractivity contribution is -0.142. The van der Waals surface area contributed by atoms with E-state index >= 15 is 0 Å². The third kappa shape index (κ3) is 6.66. The van der Waals surface area contributed by atoms with E-state index in [1.54, 1.807) is 20.8 Å². The van der Waals surface area contributed by atoms with Crippen LogP contribution in [0.5, 0.6) is 0 Å². The molecule has 0 bridgehead atoms. The van der Waals surface area contributed by atoms with Crippen LogP contribution in [-0.4, -0.2) is 32.0 Å². The van der Waals surface area contributed by atoms with Gasteiger partial charge in [-0.25, -0.2) is 0 Å². The first kappa shape index (κ1) is 14.6. The van der Waals surface area contributed by atoms with Crippen molar-refractivity contribution in [2.24, 2.45) is 0 Å². The molecule has 0 aliphatic rings. The van der Waals surface area contributed by atoms with E-state index in [1.807, 2.05) is 0 Å². The Morgan fingerprint density at radius 3 is 2.07 bits per heavy atom. The minimum atomic E-state index is -3.06. The molecule has 0 atom stereocenters. The number of hydrogen-bond donors (Lipinski definition) is 0. The number of ether oxygens (including phenoxy) is 1. The summed E-state index contributed by atoms with van der Waals surface area (Å²) in [5.74, 6) is -0.311. The van der Waals surface area contributed by atoms with E-state index in [4.69, 9.17) is 13.8 Å². The van der Waals surface area contributed by atoms with Gasteiger partial charge in [-0.2, -0.15) is 0 Å². The van der Waals surface area contributed by atoms with Gasteiger partial charge in [-0.15, -0.1) is 0 Å². The molecule has 6 heteroatoms. The van der Waals surface area contributed by atoms with E-state index in [2.05, 4.69) is 0 Å². The van der Waals surface area contributed by atoms with Crippen molar-refractivity contribution in [2.75, 3.05) is 26.0 Å². The second-order valence-electron chi connectivity index (χ2n) is 2.74. The highest BCUT2D eigenvalue weighted by molar-refractivity contribution is 7.53. The molecule has 5 nitrogen and oxygen atoms in total. The molecule has 0 aromatic carbocycles. The molecule has 0 radical (unpaired) electrons. The van der Waals surface area contributed by atoms with Gasteiger partial charge in [0.05, 0.1) is 19.4 Å². The Labute approximate surface area is 90.6 Å². The molecule has 0 amide bonds. The monoisotopic (exact) mass is 238 g/mol. The van der Waals surface area contributed by atoms with Gasteiger partial charge in [0.2, 0.25) is 0 Å². The third-order valence-electron chi connectivity index (χ3n) is 1.57. The first-order valence-corrected chi connectivity index (χ1v) is 6.84. The summed E-state index contributed by atoms with van der Waals surface area (Å²) >= 11 is 0. The van der Waals surface area contributed by atoms with Crippen molar-refractivity contribution in [2.45, 2.75) is 27.2 Å². The van der Waals surface area contributed by atoms with Crippen LogP contribution in [0.15, 0.2) is 0 Å². The van der Waals surface area contributed by atoms with Gasteiger partial charge in [-0.05, 0) is 13.8 Å². The summed E-state index contributed by atoms with van der Waals surface area (Å²) in [5, 5.41) is 0. The van der Waals surface area contributed by atoms with Crippen molar-refractivity contribution in [3.05, 3.63) is 0 Å². The average molecular weight is 238 g/mol. The van der Waals surface area contributed by atoms with Crippen LogP contribution in [0.4, 0.5) is 0 Å². The van der Waals surface area contributed by atoms with Crippen molar-refractivity contribution >= 4 is 13.6 Å². The third-order valence-corrected chi connectivity index (χ3v) is 3.60. The molecule has 0 aromatic heterocycles. The summed E-state index contributed by atoms with van der Waals surface area (Å²) in [6, 6.07) is 0. The van der Waals surface area contributed by atoms with Crippen molar-refractivity contribution in [3.63, 3.8) is 0 Å². The summed E-state index contributed by atoms with van der Waals surface area (Å²) in [7, 11) is -3.06. The zero-order valence-corrected chi connectivity index (χ0v) is 10.4. The quantitative estimate of drug-likeness (QED) is 0.479. The van der Waals surface area contributed by atoms with E-state index in [0.717, 1.165) is 0 Å². The maximum atomic E-state index is 11.8. The smallest absolute Gasteiger partial charge is 0.334 e. The number of esters is 1. The van der Waals surface area contributed by atoms with Gasteiger partial charge in [-0.1, -0.05) is 6.92 Å². The van der Waals surface area contributed by atoms with Crippen LogP contribution in [0.25, 0.3) is 0 Å². The topological polar surface area (TPSA) is 61.8 Å². The number of hydrogen-bond acceptors (Lipinski definition) is 5. The maximum Gasteiger partial charge on any atom is 0.334 e. The molecule has 0 spiro atoms. The minimum Gasteiger partial charge on any atom is -0.465 e. The lowest BCUT2D eigenvalue weighted by atomic mass is 10.5. The normalized spacial score (nSPS) is 11.4. The van der Waals surface area contributed by atoms with Crippen LogP contribution in [0.1, 0.15) is 27.2 Å². The minimum absolute atomic E-state index is 0.0734. The zero-order chi connectivity index (χ0) is 11.7. The molecule has 15 heavy (non-hydrogen) atoms. The largest absolute Gasteiger partial charge is 0.465 e. The average Bonchev–Trinajstić information content (AvgIpc) is 2.18. The predicted molar refractivity (Wildman–Crippen MR) is 57.0 cm³/mol. The van der Waals surface area contributed by atoms with Crippen molar-refractivity contribution in [1.29, 1.82) is 0 Å². The predicted octanol–water partition coefficient (Wildman–Crippen LogP) is 2.21. The molecule has 0 heterocycles. The van der Waals surface area contributed by atoms with Gasteiger partial charge in [0.25, 0.3) is 0 Å². The summed E-state index contributed by atoms with van der Waals surface area (Å²) in [5.41, 5.74) is 0. The van der Waals surface area contributed by atoms with E-state index < -0.39 is 7.60 Å². The molecule has 0 unspecified atom stereocenters. The van der Waals surface area contributed by atoms with Gasteiger partial charge in [0, 0.05) is 6.42 Å². The van der Waals surface area contributed by atoms with Crippen LogP contribution in [0, 0.1) is 0 Å². The number of rotatable bonds is 8. The fraction of sp³-hybridized carbons (Fsp3) is 0.889. The highest BCUT2D eigenvalue weighted by atomic mass is 31.2. The van der Waals surface area contributed by atoms with Crippen LogP contribution >= 0.6 is 7.60 Å². The highest BCUT2D eigenvalue weighted by Crippen LogP contribution is 2.47. The Morgan fingerprint density at radius 2 is 1.67 bits per heavy atom.